The quantitative estimate of drug-likeness (QED) is 0.742. The minimum absolute atomic E-state index is 0.347. The van der Waals surface area contributed by atoms with Crippen molar-refractivity contribution in [3.05, 3.63) is 11.6 Å². The molecule has 1 N–H and O–H groups in total. The van der Waals surface area contributed by atoms with E-state index in [1.54, 1.807) is 5.57 Å². The van der Waals surface area contributed by atoms with Crippen molar-refractivity contribution in [2.24, 2.45) is 17.3 Å². The molecule has 0 saturated heterocycles. The summed E-state index contributed by atoms with van der Waals surface area (Å²) < 4.78 is 0. The van der Waals surface area contributed by atoms with E-state index in [1.807, 2.05) is 0 Å². The van der Waals surface area contributed by atoms with Gasteiger partial charge in [0, 0.05) is 19.1 Å². The average molecular weight is 280 g/mol. The second-order valence-corrected chi connectivity index (χ2v) is 7.99. The Balaban J connectivity index is 2.42. The van der Waals surface area contributed by atoms with E-state index in [-0.39, 0.29) is 0 Å². The molecular weight excluding hydrogens is 244 g/mol. The van der Waals surface area contributed by atoms with Crippen molar-refractivity contribution < 1.29 is 0 Å². The highest BCUT2D eigenvalue weighted by Gasteiger charge is 2.25. The molecule has 2 nitrogen and oxygen atoms in total. The van der Waals surface area contributed by atoms with E-state index < -0.39 is 0 Å². The fraction of sp³-hybridized carbons (Fsp3) is 0.889. The fourth-order valence-electron chi connectivity index (χ4n) is 2.87. The van der Waals surface area contributed by atoms with Crippen LogP contribution in [-0.2, 0) is 0 Å². The van der Waals surface area contributed by atoms with Gasteiger partial charge in [0.05, 0.1) is 0 Å². The molecule has 20 heavy (non-hydrogen) atoms. The molecule has 0 amide bonds. The van der Waals surface area contributed by atoms with Crippen LogP contribution in [0, 0.1) is 17.3 Å². The number of hydrogen-bond acceptors (Lipinski definition) is 2. The van der Waals surface area contributed by atoms with Gasteiger partial charge in [-0.25, -0.2) is 0 Å². The Morgan fingerprint density at radius 1 is 1.15 bits per heavy atom. The number of nitrogens with zero attached hydrogens (tertiary/aromatic N) is 1. The highest BCUT2D eigenvalue weighted by molar-refractivity contribution is 5.14. The number of rotatable bonds is 6. The van der Waals surface area contributed by atoms with E-state index in [4.69, 9.17) is 0 Å². The van der Waals surface area contributed by atoms with E-state index in [9.17, 15) is 0 Å². The van der Waals surface area contributed by atoms with Gasteiger partial charge in [-0.15, -0.1) is 0 Å². The summed E-state index contributed by atoms with van der Waals surface area (Å²) in [6.07, 6.45) is 3.70. The molecule has 0 aliphatic carbocycles. The molecule has 1 rings (SSSR count). The third-order valence-electron chi connectivity index (χ3n) is 4.62. The molecule has 0 aromatic heterocycles. The highest BCUT2D eigenvalue weighted by Crippen LogP contribution is 2.31. The molecule has 0 saturated carbocycles. The fourth-order valence-corrected chi connectivity index (χ4v) is 2.87. The summed E-state index contributed by atoms with van der Waals surface area (Å²) in [5, 5.41) is 3.60. The molecule has 0 bridgehead atoms. The summed E-state index contributed by atoms with van der Waals surface area (Å²) in [4.78, 5) is 2.64. The zero-order valence-corrected chi connectivity index (χ0v) is 14.8. The third-order valence-corrected chi connectivity index (χ3v) is 4.62. The summed E-state index contributed by atoms with van der Waals surface area (Å²) in [7, 11) is 0. The van der Waals surface area contributed by atoms with Crippen LogP contribution in [-0.4, -0.2) is 37.1 Å². The minimum atomic E-state index is 0.347. The van der Waals surface area contributed by atoms with Gasteiger partial charge in [-0.3, -0.25) is 4.90 Å². The molecule has 0 spiro atoms. The molecular formula is C18H36N2. The predicted molar refractivity (Wildman–Crippen MR) is 90.1 cm³/mol. The molecule has 1 aliphatic heterocycles. The molecule has 0 aromatic carbocycles. The Hall–Kier alpha value is -0.340. The third kappa shape index (κ3) is 5.57. The monoisotopic (exact) mass is 280 g/mol. The largest absolute Gasteiger partial charge is 0.316 e. The molecule has 1 aliphatic rings. The lowest BCUT2D eigenvalue weighted by Crippen LogP contribution is -2.44. The Kier molecular flexibility index (Phi) is 6.74. The molecule has 0 radical (unpaired) electrons. The van der Waals surface area contributed by atoms with Gasteiger partial charge in [-0.05, 0) is 43.7 Å². The molecule has 2 heteroatoms. The maximum absolute atomic E-state index is 3.60. The summed E-state index contributed by atoms with van der Waals surface area (Å²) in [5.74, 6) is 1.45. The van der Waals surface area contributed by atoms with Gasteiger partial charge in [-0.1, -0.05) is 53.2 Å². The van der Waals surface area contributed by atoms with Gasteiger partial charge in [0.15, 0.2) is 0 Å². The first-order chi connectivity index (χ1) is 9.21. The van der Waals surface area contributed by atoms with Crippen LogP contribution in [0.3, 0.4) is 0 Å². The van der Waals surface area contributed by atoms with Crippen molar-refractivity contribution in [1.29, 1.82) is 0 Å². The van der Waals surface area contributed by atoms with E-state index in [0.29, 0.717) is 17.4 Å². The Bertz CT molecular complexity index is 312. The summed E-state index contributed by atoms with van der Waals surface area (Å²) >= 11 is 0. The summed E-state index contributed by atoms with van der Waals surface area (Å²) in [6.45, 7) is 20.9. The summed E-state index contributed by atoms with van der Waals surface area (Å²) in [5.41, 5.74) is 1.98. The van der Waals surface area contributed by atoms with Gasteiger partial charge in [-0.2, -0.15) is 0 Å². The smallest absolute Gasteiger partial charge is 0.0169 e. The maximum Gasteiger partial charge on any atom is 0.0169 e. The van der Waals surface area contributed by atoms with Gasteiger partial charge in [0.25, 0.3) is 0 Å². The van der Waals surface area contributed by atoms with Crippen LogP contribution in [0.15, 0.2) is 11.6 Å². The summed E-state index contributed by atoms with van der Waals surface area (Å²) in [6, 6.07) is 0.660. The molecule has 2 atom stereocenters. The van der Waals surface area contributed by atoms with Gasteiger partial charge >= 0.3 is 0 Å². The molecule has 118 valence electrons. The highest BCUT2D eigenvalue weighted by atomic mass is 15.2. The van der Waals surface area contributed by atoms with E-state index in [0.717, 1.165) is 25.6 Å². The van der Waals surface area contributed by atoms with Crippen molar-refractivity contribution in [2.45, 2.75) is 60.9 Å². The Morgan fingerprint density at radius 2 is 1.80 bits per heavy atom. The molecule has 1 heterocycles. The standard InChI is InChI=1S/C18H36N2/c1-14(2)12-19-13-15(3)16(4)20-10-8-17(9-11-20)18(5,6)7/h8,14-16,19H,9-13H2,1-7H3. The topological polar surface area (TPSA) is 15.3 Å². The molecule has 2 unspecified atom stereocenters. The van der Waals surface area contributed by atoms with Gasteiger partial charge in [0.2, 0.25) is 0 Å². The first kappa shape index (κ1) is 17.7. The van der Waals surface area contributed by atoms with Crippen LogP contribution in [0.2, 0.25) is 0 Å². The Morgan fingerprint density at radius 3 is 2.25 bits per heavy atom. The van der Waals surface area contributed by atoms with Crippen LogP contribution < -0.4 is 5.32 Å². The lowest BCUT2D eigenvalue weighted by atomic mass is 9.82. The first-order valence-electron chi connectivity index (χ1n) is 8.36. The average Bonchev–Trinajstić information content (AvgIpc) is 2.36. The van der Waals surface area contributed by atoms with E-state index >= 15 is 0 Å². The Labute approximate surface area is 127 Å². The van der Waals surface area contributed by atoms with Crippen molar-refractivity contribution in [1.82, 2.24) is 10.2 Å². The molecule has 0 aromatic rings. The second-order valence-electron chi connectivity index (χ2n) is 7.99. The van der Waals surface area contributed by atoms with E-state index in [1.165, 1.54) is 13.0 Å². The number of nitrogens with one attached hydrogen (secondary N) is 1. The molecule has 0 fully saturated rings. The van der Waals surface area contributed by atoms with Gasteiger partial charge < -0.3 is 5.32 Å². The van der Waals surface area contributed by atoms with Crippen LogP contribution in [0.5, 0.6) is 0 Å². The lowest BCUT2D eigenvalue weighted by molar-refractivity contribution is 0.166. The van der Waals surface area contributed by atoms with Crippen LogP contribution in [0.4, 0.5) is 0 Å². The van der Waals surface area contributed by atoms with E-state index in [2.05, 4.69) is 64.8 Å². The normalized spacial score (nSPS) is 20.9. The SMILES string of the molecule is CC(C)CNCC(C)C(C)N1CC=C(C(C)(C)C)CC1. The zero-order chi connectivity index (χ0) is 15.3. The maximum atomic E-state index is 3.60. The van der Waals surface area contributed by atoms with Crippen LogP contribution in [0.25, 0.3) is 0 Å². The minimum Gasteiger partial charge on any atom is -0.316 e. The number of hydrogen-bond donors (Lipinski definition) is 1. The lowest BCUT2D eigenvalue weighted by Gasteiger charge is -2.38. The second kappa shape index (κ2) is 7.61. The van der Waals surface area contributed by atoms with Crippen molar-refractivity contribution in [3.63, 3.8) is 0 Å². The van der Waals surface area contributed by atoms with Crippen LogP contribution in [0.1, 0.15) is 54.9 Å². The zero-order valence-electron chi connectivity index (χ0n) is 14.8. The van der Waals surface area contributed by atoms with Crippen molar-refractivity contribution in [3.8, 4) is 0 Å². The predicted octanol–water partition coefficient (Wildman–Crippen LogP) is 3.93. The van der Waals surface area contributed by atoms with Gasteiger partial charge in [0.1, 0.15) is 0 Å². The first-order valence-corrected chi connectivity index (χ1v) is 8.36. The van der Waals surface area contributed by atoms with Crippen molar-refractivity contribution in [2.75, 3.05) is 26.2 Å². The van der Waals surface area contributed by atoms with Crippen LogP contribution >= 0.6 is 0 Å². The van der Waals surface area contributed by atoms with Crippen molar-refractivity contribution >= 4 is 0 Å².